The van der Waals surface area contributed by atoms with Crippen LogP contribution in [-0.4, -0.2) is 52.6 Å². The van der Waals surface area contributed by atoms with E-state index in [1.807, 2.05) is 12.1 Å². The number of amides is 1. The van der Waals surface area contributed by atoms with Crippen LogP contribution in [0.3, 0.4) is 0 Å². The maximum atomic E-state index is 11.4. The van der Waals surface area contributed by atoms with Crippen LogP contribution in [0, 0.1) is 0 Å². The van der Waals surface area contributed by atoms with Crippen molar-refractivity contribution in [2.45, 2.75) is 38.9 Å². The molecule has 0 aliphatic carbocycles. The summed E-state index contributed by atoms with van der Waals surface area (Å²) in [5, 5.41) is 8.71. The van der Waals surface area contributed by atoms with Crippen molar-refractivity contribution in [1.82, 2.24) is 15.3 Å². The first-order chi connectivity index (χ1) is 13.1. The van der Waals surface area contributed by atoms with Gasteiger partial charge in [0.25, 0.3) is 5.91 Å². The molecule has 2 atom stereocenters. The van der Waals surface area contributed by atoms with E-state index < -0.39 is 5.91 Å². The number of rotatable bonds is 6. The molecule has 0 aromatic heterocycles. The Balaban J connectivity index is 1.54. The lowest BCUT2D eigenvalue weighted by molar-refractivity contribution is 0.0359. The topological polar surface area (TPSA) is 55.8 Å². The average molecular weight is 367 g/mol. The molecule has 144 valence electrons. The van der Waals surface area contributed by atoms with E-state index in [1.54, 1.807) is 17.6 Å². The fraction of sp³-hybridized carbons (Fsp3) is 0.409. The van der Waals surface area contributed by atoms with Gasteiger partial charge in [-0.2, -0.15) is 0 Å². The summed E-state index contributed by atoms with van der Waals surface area (Å²) in [5.41, 5.74) is 4.71. The van der Waals surface area contributed by atoms with Crippen molar-refractivity contribution in [3.05, 3.63) is 71.3 Å². The van der Waals surface area contributed by atoms with Gasteiger partial charge >= 0.3 is 0 Å². The maximum Gasteiger partial charge on any atom is 0.274 e. The number of carbonyl (C=O) groups excluding carboxylic acids is 1. The van der Waals surface area contributed by atoms with Gasteiger partial charge in [0.05, 0.1) is 0 Å². The zero-order valence-electron chi connectivity index (χ0n) is 16.1. The summed E-state index contributed by atoms with van der Waals surface area (Å²) in [7, 11) is 0. The van der Waals surface area contributed by atoms with Gasteiger partial charge < -0.3 is 0 Å². The van der Waals surface area contributed by atoms with Gasteiger partial charge in [-0.05, 0) is 43.5 Å². The highest BCUT2D eigenvalue weighted by Gasteiger charge is 2.28. The summed E-state index contributed by atoms with van der Waals surface area (Å²) in [6.45, 7) is 8.66. The van der Waals surface area contributed by atoms with Crippen LogP contribution in [0.1, 0.15) is 35.3 Å². The molecule has 2 unspecified atom stereocenters. The lowest BCUT2D eigenvalue weighted by Gasteiger charge is -2.44. The summed E-state index contributed by atoms with van der Waals surface area (Å²) in [4.78, 5) is 16.5. The molecular formula is C22H29N3O2. The molecule has 3 rings (SSSR count). The lowest BCUT2D eigenvalue weighted by Crippen LogP contribution is -2.56. The Morgan fingerprint density at radius 2 is 1.63 bits per heavy atom. The molecule has 0 spiro atoms. The van der Waals surface area contributed by atoms with E-state index in [9.17, 15) is 4.79 Å². The minimum Gasteiger partial charge on any atom is -0.296 e. The predicted molar refractivity (Wildman–Crippen MR) is 107 cm³/mol. The molecule has 1 aliphatic heterocycles. The zero-order valence-corrected chi connectivity index (χ0v) is 16.1. The number of benzene rings is 2. The minimum atomic E-state index is -0.476. The van der Waals surface area contributed by atoms with Gasteiger partial charge in [-0.1, -0.05) is 42.5 Å². The number of nitrogens with zero attached hydrogens (tertiary/aromatic N) is 2. The molecule has 0 saturated carbocycles. The summed E-state index contributed by atoms with van der Waals surface area (Å²) in [5.74, 6) is -0.476. The van der Waals surface area contributed by atoms with E-state index in [0.29, 0.717) is 17.6 Å². The van der Waals surface area contributed by atoms with Crippen LogP contribution in [0.2, 0.25) is 0 Å². The number of hydroxylamine groups is 1. The van der Waals surface area contributed by atoms with Crippen LogP contribution in [0.25, 0.3) is 0 Å². The molecule has 1 aliphatic rings. The van der Waals surface area contributed by atoms with Crippen molar-refractivity contribution in [3.63, 3.8) is 0 Å². The molecule has 1 amide bonds. The van der Waals surface area contributed by atoms with E-state index in [-0.39, 0.29) is 0 Å². The van der Waals surface area contributed by atoms with Crippen molar-refractivity contribution in [2.24, 2.45) is 0 Å². The summed E-state index contributed by atoms with van der Waals surface area (Å²) < 4.78 is 0. The highest BCUT2D eigenvalue weighted by molar-refractivity contribution is 5.93. The fourth-order valence-corrected chi connectivity index (χ4v) is 4.02. The van der Waals surface area contributed by atoms with Crippen LogP contribution in [0.15, 0.2) is 54.6 Å². The first-order valence-electron chi connectivity index (χ1n) is 9.62. The van der Waals surface area contributed by atoms with Crippen molar-refractivity contribution < 1.29 is 10.0 Å². The molecule has 1 saturated heterocycles. The molecule has 0 radical (unpaired) electrons. The number of carbonyl (C=O) groups is 1. The van der Waals surface area contributed by atoms with Crippen molar-refractivity contribution in [3.8, 4) is 0 Å². The minimum absolute atomic E-state index is 0.466. The van der Waals surface area contributed by atoms with Crippen molar-refractivity contribution >= 4 is 5.91 Å². The third-order valence-electron chi connectivity index (χ3n) is 5.40. The Morgan fingerprint density at radius 3 is 2.22 bits per heavy atom. The number of hydrogen-bond donors (Lipinski definition) is 2. The average Bonchev–Trinajstić information content (AvgIpc) is 2.68. The quantitative estimate of drug-likeness (QED) is 0.609. The zero-order chi connectivity index (χ0) is 19.2. The van der Waals surface area contributed by atoms with Gasteiger partial charge in [0.15, 0.2) is 0 Å². The van der Waals surface area contributed by atoms with E-state index in [2.05, 4.69) is 54.0 Å². The standard InChI is InChI=1S/C22H29N3O2/c1-17-14-24(16-20-8-10-21(11-9-20)22(26)23-27)15-18(2)25(17)13-12-19-6-4-3-5-7-19/h3-11,17-18,27H,12-16H2,1-2H3,(H,23,26). The van der Waals surface area contributed by atoms with Gasteiger partial charge in [0, 0.05) is 43.8 Å². The second kappa shape index (κ2) is 9.13. The molecule has 1 fully saturated rings. The lowest BCUT2D eigenvalue weighted by atomic mass is 10.0. The first kappa shape index (κ1) is 19.5. The summed E-state index contributed by atoms with van der Waals surface area (Å²) in [6.07, 6.45) is 1.09. The van der Waals surface area contributed by atoms with Crippen molar-refractivity contribution in [1.29, 1.82) is 0 Å². The molecule has 5 heteroatoms. The monoisotopic (exact) mass is 367 g/mol. The number of nitrogens with one attached hydrogen (secondary N) is 1. The van der Waals surface area contributed by atoms with E-state index >= 15 is 0 Å². The summed E-state index contributed by atoms with van der Waals surface area (Å²) >= 11 is 0. The van der Waals surface area contributed by atoms with E-state index in [1.165, 1.54) is 11.1 Å². The number of hydrogen-bond acceptors (Lipinski definition) is 4. The third kappa shape index (κ3) is 5.16. The predicted octanol–water partition coefficient (Wildman–Crippen LogP) is 2.94. The Morgan fingerprint density at radius 1 is 1.00 bits per heavy atom. The fourth-order valence-electron chi connectivity index (χ4n) is 4.02. The highest BCUT2D eigenvalue weighted by atomic mass is 16.5. The second-order valence-electron chi connectivity index (χ2n) is 7.50. The Labute approximate surface area is 161 Å². The SMILES string of the molecule is CC1CN(Cc2ccc(C(=O)NO)cc2)CC(C)N1CCc1ccccc1. The maximum absolute atomic E-state index is 11.4. The molecule has 5 nitrogen and oxygen atoms in total. The molecular weight excluding hydrogens is 338 g/mol. The van der Waals surface area contributed by atoms with Crippen LogP contribution in [0.4, 0.5) is 0 Å². The molecule has 2 aromatic carbocycles. The van der Waals surface area contributed by atoms with Gasteiger partial charge in [-0.15, -0.1) is 0 Å². The molecule has 0 bridgehead atoms. The van der Waals surface area contributed by atoms with Crippen LogP contribution < -0.4 is 5.48 Å². The van der Waals surface area contributed by atoms with Gasteiger partial charge in [0.1, 0.15) is 0 Å². The van der Waals surface area contributed by atoms with Crippen molar-refractivity contribution in [2.75, 3.05) is 19.6 Å². The Bertz CT molecular complexity index is 721. The summed E-state index contributed by atoms with van der Waals surface area (Å²) in [6, 6.07) is 19.1. The Hall–Kier alpha value is -2.21. The highest BCUT2D eigenvalue weighted by Crippen LogP contribution is 2.19. The second-order valence-corrected chi connectivity index (χ2v) is 7.50. The van der Waals surface area contributed by atoms with Crippen LogP contribution in [0.5, 0.6) is 0 Å². The molecule has 27 heavy (non-hydrogen) atoms. The molecule has 2 N–H and O–H groups in total. The number of piperazine rings is 1. The smallest absolute Gasteiger partial charge is 0.274 e. The van der Waals surface area contributed by atoms with Gasteiger partial charge in [0.2, 0.25) is 0 Å². The largest absolute Gasteiger partial charge is 0.296 e. The molecule has 2 aromatic rings. The normalized spacial score (nSPS) is 21.1. The van der Waals surface area contributed by atoms with E-state index in [4.69, 9.17) is 5.21 Å². The van der Waals surface area contributed by atoms with Crippen LogP contribution in [-0.2, 0) is 13.0 Å². The van der Waals surface area contributed by atoms with E-state index in [0.717, 1.165) is 32.6 Å². The van der Waals surface area contributed by atoms with Crippen LogP contribution >= 0.6 is 0 Å². The molecule has 1 heterocycles. The Kier molecular flexibility index (Phi) is 6.61. The van der Waals surface area contributed by atoms with Gasteiger partial charge in [-0.3, -0.25) is 19.8 Å². The third-order valence-corrected chi connectivity index (χ3v) is 5.40. The van der Waals surface area contributed by atoms with Gasteiger partial charge in [-0.25, -0.2) is 5.48 Å². The first-order valence-corrected chi connectivity index (χ1v) is 9.62.